The molecule has 0 aliphatic rings. The molecule has 0 saturated heterocycles. The molecule has 0 bridgehead atoms. The van der Waals surface area contributed by atoms with Gasteiger partial charge in [-0.15, -0.1) is 11.3 Å². The summed E-state index contributed by atoms with van der Waals surface area (Å²) in [7, 11) is 1.64. The lowest BCUT2D eigenvalue weighted by molar-refractivity contribution is 0.0521. The molecule has 1 rings (SSSR count). The second-order valence-electron chi connectivity index (χ2n) is 3.25. The minimum atomic E-state index is -0.393. The Hall–Kier alpha value is -1.14. The molecule has 0 aromatic carbocycles. The maximum atomic E-state index is 11.5. The number of methoxy groups -OCH3 is 1. The Labute approximate surface area is 98.8 Å². The number of rotatable bonds is 6. The Morgan fingerprint density at radius 1 is 1.69 bits per heavy atom. The van der Waals surface area contributed by atoms with Crippen LogP contribution in [0.15, 0.2) is 5.51 Å². The topological polar surface area (TPSA) is 60.5 Å². The van der Waals surface area contributed by atoms with E-state index in [0.29, 0.717) is 18.9 Å². The Morgan fingerprint density at radius 3 is 3.06 bits per heavy atom. The van der Waals surface area contributed by atoms with E-state index < -0.39 is 5.97 Å². The lowest BCUT2D eigenvalue weighted by Crippen LogP contribution is -2.21. The van der Waals surface area contributed by atoms with Gasteiger partial charge < -0.3 is 14.8 Å². The van der Waals surface area contributed by atoms with Gasteiger partial charge in [0.15, 0.2) is 5.69 Å². The minimum absolute atomic E-state index is 0.124. The summed E-state index contributed by atoms with van der Waals surface area (Å²) in [5.74, 6) is -0.393. The lowest BCUT2D eigenvalue weighted by Gasteiger charge is -2.12. The van der Waals surface area contributed by atoms with E-state index in [4.69, 9.17) is 9.47 Å². The lowest BCUT2D eigenvalue weighted by atomic mass is 10.3. The summed E-state index contributed by atoms with van der Waals surface area (Å²) in [4.78, 5) is 15.5. The fourth-order valence-corrected chi connectivity index (χ4v) is 1.99. The van der Waals surface area contributed by atoms with Crippen LogP contribution in [0, 0.1) is 0 Å². The number of anilines is 1. The fraction of sp³-hybridized carbons (Fsp3) is 0.600. The van der Waals surface area contributed by atoms with Gasteiger partial charge in [0.2, 0.25) is 0 Å². The number of carbonyl (C=O) groups is 1. The predicted octanol–water partition coefficient (Wildman–Crippen LogP) is 1.77. The largest absolute Gasteiger partial charge is 0.461 e. The monoisotopic (exact) mass is 244 g/mol. The van der Waals surface area contributed by atoms with Crippen molar-refractivity contribution in [3.63, 3.8) is 0 Å². The van der Waals surface area contributed by atoms with E-state index in [9.17, 15) is 4.79 Å². The van der Waals surface area contributed by atoms with Crippen LogP contribution in [0.1, 0.15) is 24.3 Å². The Bertz CT molecular complexity index is 341. The zero-order chi connectivity index (χ0) is 12.0. The van der Waals surface area contributed by atoms with Gasteiger partial charge >= 0.3 is 5.97 Å². The first-order chi connectivity index (χ1) is 7.69. The molecule has 0 radical (unpaired) electrons. The van der Waals surface area contributed by atoms with Crippen molar-refractivity contribution in [3.8, 4) is 0 Å². The first-order valence-electron chi connectivity index (χ1n) is 5.05. The molecule has 1 unspecified atom stereocenters. The molecule has 5 nitrogen and oxygen atoms in total. The van der Waals surface area contributed by atoms with Crippen molar-refractivity contribution < 1.29 is 14.3 Å². The smallest absolute Gasteiger partial charge is 0.360 e. The number of nitrogens with zero attached hydrogens (tertiary/aromatic N) is 1. The zero-order valence-electron chi connectivity index (χ0n) is 9.65. The molecule has 0 aliphatic heterocycles. The summed E-state index contributed by atoms with van der Waals surface area (Å²) in [5.41, 5.74) is 1.96. The van der Waals surface area contributed by atoms with Gasteiger partial charge in [-0.25, -0.2) is 9.78 Å². The van der Waals surface area contributed by atoms with Crippen molar-refractivity contribution in [3.05, 3.63) is 11.2 Å². The number of thiazole rings is 1. The van der Waals surface area contributed by atoms with Gasteiger partial charge in [-0.3, -0.25) is 0 Å². The Kier molecular flexibility index (Phi) is 5.21. The van der Waals surface area contributed by atoms with Crippen molar-refractivity contribution in [2.24, 2.45) is 0 Å². The van der Waals surface area contributed by atoms with E-state index >= 15 is 0 Å². The number of hydrogen-bond acceptors (Lipinski definition) is 6. The van der Waals surface area contributed by atoms with E-state index in [2.05, 4.69) is 10.3 Å². The summed E-state index contributed by atoms with van der Waals surface area (Å²) in [6.45, 7) is 4.66. The summed E-state index contributed by atoms with van der Waals surface area (Å²) < 4.78 is 9.91. The molecular formula is C10H16N2O3S. The summed E-state index contributed by atoms with van der Waals surface area (Å²) in [6, 6.07) is 0.124. The molecule has 16 heavy (non-hydrogen) atoms. The van der Waals surface area contributed by atoms with Gasteiger partial charge in [0.1, 0.15) is 5.00 Å². The van der Waals surface area contributed by atoms with Crippen molar-refractivity contribution in [2.75, 3.05) is 25.6 Å². The first-order valence-corrected chi connectivity index (χ1v) is 5.93. The van der Waals surface area contributed by atoms with Gasteiger partial charge in [-0.05, 0) is 13.8 Å². The third kappa shape index (κ3) is 3.46. The molecule has 6 heteroatoms. The highest BCUT2D eigenvalue weighted by Gasteiger charge is 2.17. The van der Waals surface area contributed by atoms with Gasteiger partial charge in [-0.1, -0.05) is 0 Å². The number of carbonyl (C=O) groups excluding carboxylic acids is 1. The van der Waals surface area contributed by atoms with Crippen LogP contribution in [0.3, 0.4) is 0 Å². The molecule has 0 saturated carbocycles. The number of ether oxygens (including phenoxy) is 2. The summed E-state index contributed by atoms with van der Waals surface area (Å²) in [5, 5.41) is 3.89. The van der Waals surface area contributed by atoms with Crippen LogP contribution in [0.2, 0.25) is 0 Å². The SMILES string of the molecule is CCOC(=O)c1ncsc1NC(C)COC. The standard InChI is InChI=1S/C10H16N2O3S/c1-4-15-10(13)8-9(16-6-11-8)12-7(2)5-14-3/h6-7,12H,4-5H2,1-3H3. The second kappa shape index (κ2) is 6.44. The van der Waals surface area contributed by atoms with Crippen LogP contribution in [0.4, 0.5) is 5.00 Å². The molecule has 1 atom stereocenters. The van der Waals surface area contributed by atoms with Gasteiger partial charge in [0.05, 0.1) is 18.7 Å². The van der Waals surface area contributed by atoms with E-state index in [1.54, 1.807) is 19.5 Å². The second-order valence-corrected chi connectivity index (χ2v) is 4.11. The third-order valence-corrected chi connectivity index (χ3v) is 2.59. The Balaban J connectivity index is 2.66. The molecular weight excluding hydrogens is 228 g/mol. The minimum Gasteiger partial charge on any atom is -0.461 e. The van der Waals surface area contributed by atoms with Crippen LogP contribution >= 0.6 is 11.3 Å². The summed E-state index contributed by atoms with van der Waals surface area (Å²) >= 11 is 1.38. The molecule has 0 fully saturated rings. The summed E-state index contributed by atoms with van der Waals surface area (Å²) in [6.07, 6.45) is 0. The van der Waals surface area contributed by atoms with Crippen molar-refractivity contribution >= 4 is 22.3 Å². The van der Waals surface area contributed by atoms with Crippen LogP contribution in [-0.4, -0.2) is 37.3 Å². The van der Waals surface area contributed by atoms with E-state index in [-0.39, 0.29) is 6.04 Å². The molecule has 1 N–H and O–H groups in total. The first kappa shape index (κ1) is 12.9. The van der Waals surface area contributed by atoms with E-state index in [0.717, 1.165) is 5.00 Å². The number of aromatic nitrogens is 1. The normalized spacial score (nSPS) is 12.2. The van der Waals surface area contributed by atoms with Crippen molar-refractivity contribution in [1.82, 2.24) is 4.98 Å². The quantitative estimate of drug-likeness (QED) is 0.773. The maximum Gasteiger partial charge on any atom is 0.360 e. The average Bonchev–Trinajstić information content (AvgIpc) is 2.66. The molecule has 90 valence electrons. The highest BCUT2D eigenvalue weighted by molar-refractivity contribution is 7.14. The number of nitrogens with one attached hydrogen (secondary N) is 1. The zero-order valence-corrected chi connectivity index (χ0v) is 10.5. The van der Waals surface area contributed by atoms with Crippen LogP contribution in [0.5, 0.6) is 0 Å². The van der Waals surface area contributed by atoms with Crippen LogP contribution in [-0.2, 0) is 9.47 Å². The molecule has 0 aliphatic carbocycles. The maximum absolute atomic E-state index is 11.5. The van der Waals surface area contributed by atoms with Gasteiger partial charge in [-0.2, -0.15) is 0 Å². The molecule has 1 aromatic rings. The molecule has 1 aromatic heterocycles. The van der Waals surface area contributed by atoms with E-state index in [1.807, 2.05) is 6.92 Å². The third-order valence-electron chi connectivity index (χ3n) is 1.83. The van der Waals surface area contributed by atoms with Crippen molar-refractivity contribution in [1.29, 1.82) is 0 Å². The number of hydrogen-bond donors (Lipinski definition) is 1. The molecule has 0 amide bonds. The predicted molar refractivity (Wildman–Crippen MR) is 63.0 cm³/mol. The van der Waals surface area contributed by atoms with E-state index in [1.165, 1.54) is 11.3 Å². The average molecular weight is 244 g/mol. The molecule has 0 spiro atoms. The van der Waals surface area contributed by atoms with Gasteiger partial charge in [0.25, 0.3) is 0 Å². The van der Waals surface area contributed by atoms with Crippen molar-refractivity contribution in [2.45, 2.75) is 19.9 Å². The highest BCUT2D eigenvalue weighted by atomic mass is 32.1. The number of esters is 1. The fourth-order valence-electron chi connectivity index (χ4n) is 1.21. The van der Waals surface area contributed by atoms with Crippen LogP contribution < -0.4 is 5.32 Å². The van der Waals surface area contributed by atoms with Gasteiger partial charge in [0, 0.05) is 13.2 Å². The Morgan fingerprint density at radius 2 is 2.44 bits per heavy atom. The molecule has 1 heterocycles. The highest BCUT2D eigenvalue weighted by Crippen LogP contribution is 2.21. The van der Waals surface area contributed by atoms with Crippen LogP contribution in [0.25, 0.3) is 0 Å².